The molecule has 1 fully saturated rings. The molecule has 2 N–H and O–H groups in total. The van der Waals surface area contributed by atoms with E-state index in [-0.39, 0.29) is 24.1 Å². The van der Waals surface area contributed by atoms with E-state index in [2.05, 4.69) is 55.3 Å². The monoisotopic (exact) mass is 439 g/mol. The number of aromatic nitrogens is 3. The predicted octanol–water partition coefficient (Wildman–Crippen LogP) is 4.02. The molecule has 3 rings (SSSR count). The molecular formula is C25H37N5O2. The van der Waals surface area contributed by atoms with Gasteiger partial charge in [-0.1, -0.05) is 41.5 Å². The molecule has 32 heavy (non-hydrogen) atoms. The molecule has 0 bridgehead atoms. The molecule has 1 aliphatic carbocycles. The van der Waals surface area contributed by atoms with Crippen molar-refractivity contribution in [2.45, 2.75) is 73.0 Å². The maximum absolute atomic E-state index is 12.6. The van der Waals surface area contributed by atoms with Gasteiger partial charge in [0.25, 0.3) is 5.56 Å². The van der Waals surface area contributed by atoms with Crippen LogP contribution in [0.1, 0.15) is 66.0 Å². The smallest absolute Gasteiger partial charge is 0.269 e. The average Bonchev–Trinajstić information content (AvgIpc) is 2.77. The summed E-state index contributed by atoms with van der Waals surface area (Å²) in [6.45, 7) is 13.5. The second kappa shape index (κ2) is 9.84. The second-order valence-corrected chi connectivity index (χ2v) is 9.91. The van der Waals surface area contributed by atoms with Crippen LogP contribution in [-0.2, 0) is 11.3 Å². The topological polar surface area (TPSA) is 88.9 Å². The van der Waals surface area contributed by atoms with E-state index in [1.54, 1.807) is 24.7 Å². The van der Waals surface area contributed by atoms with Crippen LogP contribution in [0.2, 0.25) is 0 Å². The quantitative estimate of drug-likeness (QED) is 0.680. The van der Waals surface area contributed by atoms with Gasteiger partial charge in [-0.3, -0.25) is 14.6 Å². The molecule has 7 heteroatoms. The Morgan fingerprint density at radius 2 is 1.94 bits per heavy atom. The molecule has 0 saturated heterocycles. The van der Waals surface area contributed by atoms with Crippen LogP contribution in [0.15, 0.2) is 41.6 Å². The highest BCUT2D eigenvalue weighted by Gasteiger charge is 2.43. The fourth-order valence-electron chi connectivity index (χ4n) is 4.80. The Labute approximate surface area is 191 Å². The number of carbonyl (C=O) groups is 1. The van der Waals surface area contributed by atoms with E-state index in [1.165, 1.54) is 4.68 Å². The summed E-state index contributed by atoms with van der Waals surface area (Å²) in [5.41, 5.74) is 1.71. The Morgan fingerprint density at radius 3 is 2.56 bits per heavy atom. The summed E-state index contributed by atoms with van der Waals surface area (Å²) in [5.74, 6) is 1.38. The van der Waals surface area contributed by atoms with Crippen LogP contribution in [0.5, 0.6) is 0 Å². The van der Waals surface area contributed by atoms with Gasteiger partial charge in [0.15, 0.2) is 0 Å². The predicted molar refractivity (Wildman–Crippen MR) is 127 cm³/mol. The van der Waals surface area contributed by atoms with Crippen molar-refractivity contribution in [1.82, 2.24) is 20.1 Å². The highest BCUT2D eigenvalue weighted by molar-refractivity contribution is 5.76. The molecule has 0 spiro atoms. The van der Waals surface area contributed by atoms with Crippen molar-refractivity contribution < 1.29 is 4.79 Å². The summed E-state index contributed by atoms with van der Waals surface area (Å²) in [5, 5.41) is 10.8. The van der Waals surface area contributed by atoms with Crippen LogP contribution in [0.4, 0.5) is 5.69 Å². The van der Waals surface area contributed by atoms with Gasteiger partial charge in [-0.15, -0.1) is 0 Å². The summed E-state index contributed by atoms with van der Waals surface area (Å²) in [4.78, 5) is 29.2. The Bertz CT molecular complexity index is 972. The molecule has 2 aromatic rings. The number of hydrogen-bond donors (Lipinski definition) is 2. The molecule has 7 nitrogen and oxygen atoms in total. The lowest BCUT2D eigenvalue weighted by atomic mass is 9.58. The zero-order valence-electron chi connectivity index (χ0n) is 20.1. The minimum Gasteiger partial charge on any atom is -0.381 e. The minimum absolute atomic E-state index is 0.108. The molecule has 174 valence electrons. The van der Waals surface area contributed by atoms with Gasteiger partial charge >= 0.3 is 0 Å². The lowest BCUT2D eigenvalue weighted by molar-refractivity contribution is -0.122. The number of nitrogens with one attached hydrogen (secondary N) is 2. The Morgan fingerprint density at radius 1 is 1.25 bits per heavy atom. The van der Waals surface area contributed by atoms with Gasteiger partial charge in [0.2, 0.25) is 5.91 Å². The first-order chi connectivity index (χ1) is 15.1. The third kappa shape index (κ3) is 5.19. The summed E-state index contributed by atoms with van der Waals surface area (Å²) in [6.07, 6.45) is 6.86. The third-order valence-corrected chi connectivity index (χ3v) is 7.84. The molecule has 5 atom stereocenters. The normalized spacial score (nSPS) is 25.7. The second-order valence-electron chi connectivity index (χ2n) is 9.91. The van der Waals surface area contributed by atoms with E-state index in [0.29, 0.717) is 34.9 Å². The van der Waals surface area contributed by atoms with Crippen LogP contribution in [0.3, 0.4) is 0 Å². The molecule has 1 aliphatic rings. The van der Waals surface area contributed by atoms with Crippen molar-refractivity contribution in [2.75, 3.05) is 5.32 Å². The highest BCUT2D eigenvalue weighted by atomic mass is 16.2. The lowest BCUT2D eigenvalue weighted by Crippen LogP contribution is -2.48. The fraction of sp³-hybridized carbons (Fsp3) is 0.600. The van der Waals surface area contributed by atoms with E-state index in [4.69, 9.17) is 0 Å². The zero-order valence-corrected chi connectivity index (χ0v) is 20.1. The number of rotatable bonds is 7. The van der Waals surface area contributed by atoms with Gasteiger partial charge in [0, 0.05) is 24.5 Å². The molecule has 0 radical (unpaired) electrons. The molecule has 1 saturated carbocycles. The number of anilines is 1. The van der Waals surface area contributed by atoms with Crippen LogP contribution in [0.25, 0.3) is 0 Å². The van der Waals surface area contributed by atoms with Gasteiger partial charge in [-0.2, -0.15) is 5.10 Å². The maximum Gasteiger partial charge on any atom is 0.269 e. The van der Waals surface area contributed by atoms with Gasteiger partial charge < -0.3 is 10.6 Å². The van der Waals surface area contributed by atoms with Crippen molar-refractivity contribution >= 4 is 11.6 Å². The Hall–Kier alpha value is -2.70. The number of hydrogen-bond acceptors (Lipinski definition) is 5. The molecule has 0 aliphatic heterocycles. The summed E-state index contributed by atoms with van der Waals surface area (Å²) in [7, 11) is 0. The highest BCUT2D eigenvalue weighted by Crippen LogP contribution is 2.47. The first kappa shape index (κ1) is 24.0. The minimum atomic E-state index is -0.285. The van der Waals surface area contributed by atoms with Crippen molar-refractivity contribution in [2.24, 2.45) is 23.2 Å². The van der Waals surface area contributed by atoms with E-state index >= 15 is 0 Å². The molecule has 2 aromatic heterocycles. The van der Waals surface area contributed by atoms with Gasteiger partial charge in [0.05, 0.1) is 17.9 Å². The van der Waals surface area contributed by atoms with Crippen molar-refractivity contribution in [3.63, 3.8) is 0 Å². The Kier molecular flexibility index (Phi) is 7.36. The van der Waals surface area contributed by atoms with Crippen molar-refractivity contribution in [3.8, 4) is 0 Å². The van der Waals surface area contributed by atoms with E-state index in [9.17, 15) is 9.59 Å². The molecule has 1 amide bonds. The van der Waals surface area contributed by atoms with Gasteiger partial charge in [0.1, 0.15) is 6.54 Å². The summed E-state index contributed by atoms with van der Waals surface area (Å²) in [6, 6.07) is 5.48. The number of nitrogens with zero attached hydrogens (tertiary/aromatic N) is 3. The first-order valence-corrected chi connectivity index (χ1v) is 11.7. The maximum atomic E-state index is 12.6. The van der Waals surface area contributed by atoms with Gasteiger partial charge in [-0.25, -0.2) is 4.68 Å². The van der Waals surface area contributed by atoms with Crippen LogP contribution >= 0.6 is 0 Å². The van der Waals surface area contributed by atoms with E-state index in [1.807, 2.05) is 19.1 Å². The molecule has 1 unspecified atom stereocenters. The number of carbonyl (C=O) groups excluding carboxylic acids is 1. The third-order valence-electron chi connectivity index (χ3n) is 7.84. The van der Waals surface area contributed by atoms with Crippen LogP contribution < -0.4 is 16.2 Å². The first-order valence-electron chi connectivity index (χ1n) is 11.7. The largest absolute Gasteiger partial charge is 0.381 e. The summed E-state index contributed by atoms with van der Waals surface area (Å²) < 4.78 is 1.21. The number of pyridine rings is 1. The lowest BCUT2D eigenvalue weighted by Gasteiger charge is -2.50. The number of amides is 1. The Balaban J connectivity index is 1.64. The van der Waals surface area contributed by atoms with Crippen molar-refractivity contribution in [3.05, 3.63) is 52.7 Å². The van der Waals surface area contributed by atoms with Crippen LogP contribution in [0, 0.1) is 23.2 Å². The van der Waals surface area contributed by atoms with E-state index in [0.717, 1.165) is 18.4 Å². The SMILES string of the molecule is CCC(NC(=O)Cn1ncc(N[C@@H]2C[C@H](C)C(C)(C)[C@H](C)[C@H]2C)cc1=O)c1ccncc1. The molecule has 0 aromatic carbocycles. The zero-order chi connectivity index (χ0) is 23.5. The fourth-order valence-corrected chi connectivity index (χ4v) is 4.80. The molecular weight excluding hydrogens is 402 g/mol. The van der Waals surface area contributed by atoms with Gasteiger partial charge in [-0.05, 0) is 53.7 Å². The van der Waals surface area contributed by atoms with Crippen LogP contribution in [-0.4, -0.2) is 26.7 Å². The molecule has 2 heterocycles. The standard InChI is InChI=1S/C25H37N5O2/c1-7-21(19-8-10-26-11-9-19)29-23(31)15-30-24(32)13-20(14-27-30)28-22-12-16(2)25(5,6)18(4)17(22)3/h8-11,13-14,16-18,21-22,28H,7,12,15H2,1-6H3,(H,29,31)/t16-,17+,18+,21?,22+/m0/s1. The average molecular weight is 440 g/mol. The van der Waals surface area contributed by atoms with E-state index < -0.39 is 0 Å². The van der Waals surface area contributed by atoms with Crippen molar-refractivity contribution in [1.29, 1.82) is 0 Å². The summed E-state index contributed by atoms with van der Waals surface area (Å²) >= 11 is 0.